The van der Waals surface area contributed by atoms with Crippen molar-refractivity contribution in [3.8, 4) is 0 Å². The highest BCUT2D eigenvalue weighted by atomic mass is 19.3. The molecule has 1 amide bonds. The zero-order valence-corrected chi connectivity index (χ0v) is 11.5. The minimum Gasteiger partial charge on any atom is -0.394 e. The Hall–Kier alpha value is -2.24. The van der Waals surface area contributed by atoms with E-state index in [1.54, 1.807) is 6.21 Å². The highest BCUT2D eigenvalue weighted by molar-refractivity contribution is 6.00. The number of amides is 1. The van der Waals surface area contributed by atoms with E-state index in [0.29, 0.717) is 18.5 Å². The van der Waals surface area contributed by atoms with Gasteiger partial charge in [0.2, 0.25) is 0 Å². The van der Waals surface area contributed by atoms with Crippen LogP contribution < -0.4 is 5.73 Å². The zero-order valence-electron chi connectivity index (χ0n) is 11.5. The number of hydrogen-bond donors (Lipinski definition) is 1. The number of benzene rings is 1. The highest BCUT2D eigenvalue weighted by Gasteiger charge is 2.26. The van der Waals surface area contributed by atoms with Crippen molar-refractivity contribution in [3.05, 3.63) is 47.2 Å². The lowest BCUT2D eigenvalue weighted by molar-refractivity contribution is -0.129. The Bertz CT molecular complexity index is 555. The molecule has 0 unspecified atom stereocenters. The molecule has 2 N–H and O–H groups in total. The second-order valence-corrected chi connectivity index (χ2v) is 4.79. The maximum atomic E-state index is 12.3. The molecule has 0 aliphatic carbocycles. The van der Waals surface area contributed by atoms with E-state index >= 15 is 0 Å². The molecule has 1 aromatic rings. The Kier molecular flexibility index (Phi) is 5.03. The quantitative estimate of drug-likeness (QED) is 0.844. The molecular formula is C15H17F2N3O. The number of alkyl halides is 2. The number of nitrogens with two attached hydrogens (primary N) is 1. The lowest BCUT2D eigenvalue weighted by Gasteiger charge is -2.27. The molecule has 0 radical (unpaired) electrons. The predicted octanol–water partition coefficient (Wildman–Crippen LogP) is 1.97. The van der Waals surface area contributed by atoms with Crippen molar-refractivity contribution in [1.82, 2.24) is 4.90 Å². The molecule has 21 heavy (non-hydrogen) atoms. The van der Waals surface area contributed by atoms with E-state index in [9.17, 15) is 13.6 Å². The highest BCUT2D eigenvalue weighted by Crippen LogP contribution is 2.16. The van der Waals surface area contributed by atoms with Crippen molar-refractivity contribution < 1.29 is 13.6 Å². The molecule has 4 nitrogen and oxygen atoms in total. The van der Waals surface area contributed by atoms with Gasteiger partial charge in [0.05, 0.1) is 13.1 Å². The first-order valence-electron chi connectivity index (χ1n) is 6.67. The van der Waals surface area contributed by atoms with Gasteiger partial charge < -0.3 is 10.6 Å². The Labute approximate surface area is 122 Å². The number of hydrogen-bond acceptors (Lipinski definition) is 3. The average molecular weight is 293 g/mol. The van der Waals surface area contributed by atoms with Crippen LogP contribution >= 0.6 is 0 Å². The Balaban J connectivity index is 2.00. The van der Waals surface area contributed by atoms with Gasteiger partial charge >= 0.3 is 0 Å². The van der Waals surface area contributed by atoms with E-state index in [1.165, 1.54) is 0 Å². The molecule has 1 aliphatic rings. The minimum atomic E-state index is -2.55. The fourth-order valence-electron chi connectivity index (χ4n) is 2.12. The van der Waals surface area contributed by atoms with Crippen LogP contribution in [-0.2, 0) is 11.3 Å². The van der Waals surface area contributed by atoms with E-state index < -0.39 is 18.9 Å². The monoisotopic (exact) mass is 293 g/mol. The summed E-state index contributed by atoms with van der Waals surface area (Å²) in [5, 5.41) is 0. The maximum Gasteiger partial charge on any atom is 0.270 e. The first-order valence-corrected chi connectivity index (χ1v) is 6.67. The number of rotatable bonds is 5. The summed E-state index contributed by atoms with van der Waals surface area (Å²) >= 11 is 0. The summed E-state index contributed by atoms with van der Waals surface area (Å²) in [6.45, 7) is 0.164. The number of carbonyl (C=O) groups is 1. The molecular weight excluding hydrogens is 276 g/mol. The van der Waals surface area contributed by atoms with Gasteiger partial charge in [-0.2, -0.15) is 0 Å². The summed E-state index contributed by atoms with van der Waals surface area (Å²) in [6.07, 6.45) is -0.530. The number of halogens is 2. The summed E-state index contributed by atoms with van der Waals surface area (Å²) in [6, 6.07) is 9.66. The van der Waals surface area contributed by atoms with Gasteiger partial charge in [-0.1, -0.05) is 30.3 Å². The molecule has 2 rings (SSSR count). The van der Waals surface area contributed by atoms with Crippen LogP contribution in [0.1, 0.15) is 12.0 Å². The zero-order chi connectivity index (χ0) is 15.2. The predicted molar refractivity (Wildman–Crippen MR) is 77.1 cm³/mol. The molecule has 0 bridgehead atoms. The van der Waals surface area contributed by atoms with Crippen molar-refractivity contribution in [2.75, 3.05) is 13.1 Å². The van der Waals surface area contributed by atoms with Crippen LogP contribution in [0.4, 0.5) is 8.78 Å². The summed E-state index contributed by atoms with van der Waals surface area (Å²) in [5.41, 5.74) is 7.40. The summed E-state index contributed by atoms with van der Waals surface area (Å²) in [5.74, 6) is -0.539. The van der Waals surface area contributed by atoms with Crippen molar-refractivity contribution in [2.45, 2.75) is 19.4 Å². The van der Waals surface area contributed by atoms with Crippen LogP contribution in [0.5, 0.6) is 0 Å². The van der Waals surface area contributed by atoms with Gasteiger partial charge in [0.15, 0.2) is 0 Å². The largest absolute Gasteiger partial charge is 0.394 e. The van der Waals surface area contributed by atoms with E-state index in [2.05, 4.69) is 4.99 Å². The summed E-state index contributed by atoms with van der Waals surface area (Å²) in [4.78, 5) is 17.2. The van der Waals surface area contributed by atoms with Gasteiger partial charge in [-0.15, -0.1) is 0 Å². The van der Waals surface area contributed by atoms with E-state index in [1.807, 2.05) is 30.3 Å². The van der Waals surface area contributed by atoms with Crippen LogP contribution in [-0.4, -0.2) is 36.5 Å². The lowest BCUT2D eigenvalue weighted by atomic mass is 10.1. The molecule has 1 aliphatic heterocycles. The number of nitrogens with zero attached hydrogens (tertiary/aromatic N) is 2. The van der Waals surface area contributed by atoms with Crippen LogP contribution in [0, 0.1) is 0 Å². The fraction of sp³-hybridized carbons (Fsp3) is 0.333. The normalized spacial score (nSPS) is 16.3. The Morgan fingerprint density at radius 2 is 2.05 bits per heavy atom. The number of carbonyl (C=O) groups excluding carboxylic acids is 1. The topological polar surface area (TPSA) is 58.7 Å². The maximum absolute atomic E-state index is 12.3. The Morgan fingerprint density at radius 1 is 1.33 bits per heavy atom. The van der Waals surface area contributed by atoms with E-state index in [4.69, 9.17) is 5.73 Å². The van der Waals surface area contributed by atoms with Crippen LogP contribution in [0.3, 0.4) is 0 Å². The van der Waals surface area contributed by atoms with Gasteiger partial charge in [0.25, 0.3) is 12.3 Å². The van der Waals surface area contributed by atoms with Gasteiger partial charge in [-0.05, 0) is 12.0 Å². The lowest BCUT2D eigenvalue weighted by Crippen LogP contribution is -2.42. The molecule has 0 saturated heterocycles. The van der Waals surface area contributed by atoms with E-state index in [-0.39, 0.29) is 12.2 Å². The first kappa shape index (κ1) is 15.2. The number of aliphatic imine (C=N–C) groups is 1. The molecule has 0 aromatic heterocycles. The van der Waals surface area contributed by atoms with Crippen LogP contribution in [0.25, 0.3) is 0 Å². The van der Waals surface area contributed by atoms with Crippen molar-refractivity contribution in [3.63, 3.8) is 0 Å². The third kappa shape index (κ3) is 4.11. The van der Waals surface area contributed by atoms with Gasteiger partial charge in [0.1, 0.15) is 5.70 Å². The minimum absolute atomic E-state index is 0.0127. The third-order valence-electron chi connectivity index (χ3n) is 3.24. The standard InChI is InChI=1S/C15H17F2N3O/c16-13(17)10-20-7-6-12(14(18)15(20)21)9-19-8-11-4-2-1-3-5-11/h1-5,9,13H,6-8,10,18H2. The molecule has 112 valence electrons. The average Bonchev–Trinajstić information content (AvgIpc) is 2.47. The molecule has 0 fully saturated rings. The molecule has 1 heterocycles. The molecule has 0 spiro atoms. The molecule has 6 heteroatoms. The third-order valence-corrected chi connectivity index (χ3v) is 3.24. The van der Waals surface area contributed by atoms with Gasteiger partial charge in [-0.25, -0.2) is 8.78 Å². The van der Waals surface area contributed by atoms with Crippen molar-refractivity contribution >= 4 is 12.1 Å². The van der Waals surface area contributed by atoms with Crippen molar-refractivity contribution in [2.24, 2.45) is 10.7 Å². The Morgan fingerprint density at radius 3 is 2.71 bits per heavy atom. The fourth-order valence-corrected chi connectivity index (χ4v) is 2.12. The summed E-state index contributed by atoms with van der Waals surface area (Å²) < 4.78 is 24.7. The van der Waals surface area contributed by atoms with Gasteiger partial charge in [-0.3, -0.25) is 9.79 Å². The SMILES string of the molecule is NC1=C(C=NCc2ccccc2)CCN(CC(F)F)C1=O. The van der Waals surface area contributed by atoms with E-state index in [0.717, 1.165) is 10.5 Å². The molecule has 0 saturated carbocycles. The van der Waals surface area contributed by atoms with Crippen molar-refractivity contribution in [1.29, 1.82) is 0 Å². The smallest absolute Gasteiger partial charge is 0.270 e. The first-order chi connectivity index (χ1) is 10.1. The van der Waals surface area contributed by atoms with Crippen LogP contribution in [0.15, 0.2) is 46.6 Å². The van der Waals surface area contributed by atoms with Gasteiger partial charge in [0, 0.05) is 18.3 Å². The second kappa shape index (κ2) is 6.97. The second-order valence-electron chi connectivity index (χ2n) is 4.79. The molecule has 1 aromatic carbocycles. The van der Waals surface area contributed by atoms with Crippen LogP contribution in [0.2, 0.25) is 0 Å². The molecule has 0 atom stereocenters. The summed E-state index contributed by atoms with van der Waals surface area (Å²) in [7, 11) is 0.